The highest BCUT2D eigenvalue weighted by Crippen LogP contribution is 2.53. The van der Waals surface area contributed by atoms with E-state index in [1.807, 2.05) is 55.8 Å². The fourth-order valence-electron chi connectivity index (χ4n) is 7.56. The van der Waals surface area contributed by atoms with E-state index in [9.17, 15) is 9.90 Å². The third-order valence-electron chi connectivity index (χ3n) is 8.78. The van der Waals surface area contributed by atoms with Crippen molar-refractivity contribution in [2.24, 2.45) is 17.9 Å². The van der Waals surface area contributed by atoms with Crippen molar-refractivity contribution in [1.82, 2.24) is 14.5 Å². The molecule has 194 valence electrons. The molecule has 1 aliphatic heterocycles. The molecule has 2 aliphatic rings. The molecule has 1 saturated carbocycles. The first-order chi connectivity index (χ1) is 17.5. The first-order valence-corrected chi connectivity index (χ1v) is 13.5. The Morgan fingerprint density at radius 1 is 1.19 bits per heavy atom. The van der Waals surface area contributed by atoms with Gasteiger partial charge >= 0.3 is 0 Å². The van der Waals surface area contributed by atoms with E-state index in [2.05, 4.69) is 25.7 Å². The predicted molar refractivity (Wildman–Crippen MR) is 148 cm³/mol. The number of para-hydroxylation sites is 2. The van der Waals surface area contributed by atoms with Crippen molar-refractivity contribution in [3.63, 3.8) is 0 Å². The number of aromatic hydroxyl groups is 1. The van der Waals surface area contributed by atoms with E-state index in [1.165, 1.54) is 12.8 Å². The van der Waals surface area contributed by atoms with Gasteiger partial charge in [0.1, 0.15) is 28.5 Å². The lowest BCUT2D eigenvalue weighted by molar-refractivity contribution is 0.126. The average molecular weight is 500 g/mol. The molecule has 2 aromatic carbocycles. The number of aryl methyl sites for hydroxylation is 3. The number of fused-ring (bicyclic) bond motifs is 4. The first-order valence-electron chi connectivity index (χ1n) is 13.5. The lowest BCUT2D eigenvalue weighted by Gasteiger charge is -2.40. The minimum atomic E-state index is -0.0960. The van der Waals surface area contributed by atoms with Gasteiger partial charge in [-0.15, -0.1) is 0 Å². The Hall–Kier alpha value is -3.12. The van der Waals surface area contributed by atoms with Crippen molar-refractivity contribution < 1.29 is 9.52 Å². The van der Waals surface area contributed by atoms with E-state index in [1.54, 1.807) is 0 Å². The molecule has 2 fully saturated rings. The third kappa shape index (κ3) is 3.80. The zero-order chi connectivity index (χ0) is 26.3. The molecule has 37 heavy (non-hydrogen) atoms. The molecular formula is C31H37N3O3. The standard InChI is InChI=1S/C31H37N3O3/c1-7-19-12-21-27(36)25(29-32-23-10-8-9-11-24(23)33(29)6)18(2)37-28(21)22(26(19)35)15-34-17-31(5)14-20(34)13-30(3,4)16-31/h8-12,20,35H,7,13-17H2,1-6H3/t20-,31+/m1/s1. The molecule has 6 nitrogen and oxygen atoms in total. The van der Waals surface area contributed by atoms with E-state index in [-0.39, 0.29) is 16.6 Å². The van der Waals surface area contributed by atoms with Crippen LogP contribution in [-0.4, -0.2) is 32.1 Å². The van der Waals surface area contributed by atoms with E-state index in [4.69, 9.17) is 9.40 Å². The van der Waals surface area contributed by atoms with Crippen molar-refractivity contribution in [1.29, 1.82) is 0 Å². The van der Waals surface area contributed by atoms with E-state index in [0.717, 1.165) is 35.1 Å². The Balaban J connectivity index is 1.51. The smallest absolute Gasteiger partial charge is 0.203 e. The Morgan fingerprint density at radius 2 is 1.95 bits per heavy atom. The molecule has 0 spiro atoms. The molecule has 6 heteroatoms. The van der Waals surface area contributed by atoms with Gasteiger partial charge in [-0.3, -0.25) is 9.69 Å². The normalized spacial score (nSPS) is 23.4. The van der Waals surface area contributed by atoms with Gasteiger partial charge in [0.15, 0.2) is 0 Å². The number of phenols is 1. The fraction of sp³-hybridized carbons (Fsp3) is 0.484. The van der Waals surface area contributed by atoms with Crippen molar-refractivity contribution >= 4 is 22.0 Å². The lowest BCUT2D eigenvalue weighted by Crippen LogP contribution is -2.34. The highest BCUT2D eigenvalue weighted by atomic mass is 16.3. The van der Waals surface area contributed by atoms with Crippen LogP contribution in [0.5, 0.6) is 5.75 Å². The average Bonchev–Trinajstić information content (AvgIpc) is 3.27. The second-order valence-electron chi connectivity index (χ2n) is 12.6. The van der Waals surface area contributed by atoms with Crippen LogP contribution in [0, 0.1) is 17.8 Å². The number of nitrogens with zero attached hydrogens (tertiary/aromatic N) is 3. The lowest BCUT2D eigenvalue weighted by atomic mass is 9.65. The highest BCUT2D eigenvalue weighted by molar-refractivity contribution is 5.88. The van der Waals surface area contributed by atoms with Gasteiger partial charge in [-0.25, -0.2) is 4.98 Å². The summed E-state index contributed by atoms with van der Waals surface area (Å²) >= 11 is 0. The van der Waals surface area contributed by atoms with Crippen LogP contribution in [0.15, 0.2) is 39.5 Å². The summed E-state index contributed by atoms with van der Waals surface area (Å²) in [6, 6.07) is 10.2. The van der Waals surface area contributed by atoms with Crippen LogP contribution in [0.25, 0.3) is 33.4 Å². The van der Waals surface area contributed by atoms with E-state index >= 15 is 0 Å². The van der Waals surface area contributed by atoms with Crippen LogP contribution < -0.4 is 5.43 Å². The molecule has 1 aliphatic carbocycles. The molecular weight excluding hydrogens is 462 g/mol. The van der Waals surface area contributed by atoms with Crippen LogP contribution in [0.1, 0.15) is 63.8 Å². The highest BCUT2D eigenvalue weighted by Gasteiger charge is 2.49. The molecule has 6 rings (SSSR count). The Bertz CT molecular complexity index is 1610. The Kier molecular flexibility index (Phi) is 5.36. The van der Waals surface area contributed by atoms with Gasteiger partial charge in [0.2, 0.25) is 5.43 Å². The summed E-state index contributed by atoms with van der Waals surface area (Å²) < 4.78 is 8.39. The number of likely N-dealkylation sites (tertiary alicyclic amines) is 1. The molecule has 0 unspecified atom stereocenters. The van der Waals surface area contributed by atoms with Gasteiger partial charge in [-0.2, -0.15) is 0 Å². The van der Waals surface area contributed by atoms with Crippen LogP contribution in [-0.2, 0) is 20.0 Å². The number of imidazole rings is 1. The topological polar surface area (TPSA) is 71.5 Å². The second-order valence-corrected chi connectivity index (χ2v) is 12.6. The van der Waals surface area contributed by atoms with Crippen molar-refractivity contribution in [3.05, 3.63) is 57.4 Å². The van der Waals surface area contributed by atoms with Crippen molar-refractivity contribution in [3.8, 4) is 17.1 Å². The summed E-state index contributed by atoms with van der Waals surface area (Å²) in [5, 5.41) is 11.9. The molecule has 3 heterocycles. The minimum absolute atomic E-state index is 0.0960. The van der Waals surface area contributed by atoms with E-state index in [0.29, 0.717) is 52.5 Å². The van der Waals surface area contributed by atoms with Gasteiger partial charge in [0.05, 0.1) is 22.0 Å². The quantitative estimate of drug-likeness (QED) is 0.356. The monoisotopic (exact) mass is 499 g/mol. The minimum Gasteiger partial charge on any atom is -0.507 e. The summed E-state index contributed by atoms with van der Waals surface area (Å²) in [7, 11) is 1.93. The number of aromatic nitrogens is 2. The maximum atomic E-state index is 14.1. The fourth-order valence-corrected chi connectivity index (χ4v) is 7.56. The third-order valence-corrected chi connectivity index (χ3v) is 8.78. The number of hydrogen-bond acceptors (Lipinski definition) is 5. The van der Waals surface area contributed by atoms with E-state index < -0.39 is 0 Å². The summed E-state index contributed by atoms with van der Waals surface area (Å²) in [5.41, 5.74) is 4.81. The largest absolute Gasteiger partial charge is 0.507 e. The van der Waals surface area contributed by atoms with Crippen LogP contribution in [0.3, 0.4) is 0 Å². The Labute approximate surface area is 217 Å². The number of phenolic OH excluding ortho intramolecular Hbond substituents is 1. The molecule has 2 bridgehead atoms. The molecule has 4 aromatic rings. The van der Waals surface area contributed by atoms with Gasteiger partial charge in [0.25, 0.3) is 0 Å². The first kappa shape index (κ1) is 24.2. The molecule has 2 aromatic heterocycles. The van der Waals surface area contributed by atoms with Gasteiger partial charge in [-0.05, 0) is 67.2 Å². The number of hydrogen-bond donors (Lipinski definition) is 1. The van der Waals surface area contributed by atoms with Crippen LogP contribution >= 0.6 is 0 Å². The SMILES string of the molecule is CCc1cc2c(=O)c(-c3nc4ccccc4n3C)c(C)oc2c(CN2C[C@@]3(C)C[C@H]2CC(C)(C)C3)c1O. The van der Waals surface area contributed by atoms with Crippen LogP contribution in [0.4, 0.5) is 0 Å². The van der Waals surface area contributed by atoms with Gasteiger partial charge in [0, 0.05) is 26.2 Å². The van der Waals surface area contributed by atoms with Crippen LogP contribution in [0.2, 0.25) is 0 Å². The zero-order valence-corrected chi connectivity index (χ0v) is 22.8. The molecule has 1 saturated heterocycles. The van der Waals surface area contributed by atoms with Gasteiger partial charge in [-0.1, -0.05) is 39.8 Å². The maximum absolute atomic E-state index is 14.1. The number of rotatable bonds is 4. The summed E-state index contributed by atoms with van der Waals surface area (Å²) in [6.45, 7) is 12.6. The maximum Gasteiger partial charge on any atom is 0.203 e. The molecule has 0 amide bonds. The molecule has 0 radical (unpaired) electrons. The summed E-state index contributed by atoms with van der Waals surface area (Å²) in [5.74, 6) is 1.39. The number of benzene rings is 2. The zero-order valence-electron chi connectivity index (χ0n) is 22.8. The Morgan fingerprint density at radius 3 is 2.68 bits per heavy atom. The predicted octanol–water partition coefficient (Wildman–Crippen LogP) is 6.32. The summed E-state index contributed by atoms with van der Waals surface area (Å²) in [6.07, 6.45) is 4.18. The van der Waals surface area contributed by atoms with Crippen molar-refractivity contribution in [2.75, 3.05) is 6.54 Å². The molecule has 2 atom stereocenters. The van der Waals surface area contributed by atoms with Gasteiger partial charge < -0.3 is 14.1 Å². The summed E-state index contributed by atoms with van der Waals surface area (Å²) in [4.78, 5) is 21.3. The van der Waals surface area contributed by atoms with Crippen molar-refractivity contribution in [2.45, 2.75) is 72.9 Å². The molecule has 1 N–H and O–H groups in total. The second kappa shape index (κ2) is 8.19.